The maximum Gasteiger partial charge on any atom is 0.303 e. The summed E-state index contributed by atoms with van der Waals surface area (Å²) in [4.78, 5) is 21.9. The molecule has 206 valence electrons. The Kier molecular flexibility index (Phi) is 16.8. The number of carbonyl (C=O) groups is 2. The molecule has 38 heavy (non-hydrogen) atoms. The summed E-state index contributed by atoms with van der Waals surface area (Å²) in [5.41, 5.74) is 11.1. The highest BCUT2D eigenvalue weighted by atomic mass is 16.5. The van der Waals surface area contributed by atoms with E-state index in [0.29, 0.717) is 19.6 Å². The molecule has 0 fully saturated rings. The largest absolute Gasteiger partial charge is 0.481 e. The Morgan fingerprint density at radius 2 is 1.34 bits per heavy atom. The zero-order valence-electron chi connectivity index (χ0n) is 21.8. The molecule has 0 saturated heterocycles. The second-order valence-corrected chi connectivity index (χ2v) is 9.03. The van der Waals surface area contributed by atoms with Gasteiger partial charge in [0.05, 0.1) is 6.61 Å². The molecule has 0 aliphatic rings. The van der Waals surface area contributed by atoms with Crippen molar-refractivity contribution in [3.8, 4) is 0 Å². The zero-order chi connectivity index (χ0) is 26.7. The van der Waals surface area contributed by atoms with Crippen molar-refractivity contribution in [3.63, 3.8) is 0 Å². The summed E-state index contributed by atoms with van der Waals surface area (Å²) in [7, 11) is 0. The van der Waals surface area contributed by atoms with Crippen LogP contribution in [0.15, 0.2) is 84.9 Å². The van der Waals surface area contributed by atoms with E-state index in [9.17, 15) is 9.59 Å². The van der Waals surface area contributed by atoms with Gasteiger partial charge in [0, 0.05) is 19.6 Å². The Morgan fingerprint density at radius 1 is 0.816 bits per heavy atom. The van der Waals surface area contributed by atoms with Gasteiger partial charge in [-0.05, 0) is 55.7 Å². The van der Waals surface area contributed by atoms with Crippen LogP contribution in [0.1, 0.15) is 48.9 Å². The van der Waals surface area contributed by atoms with E-state index in [1.54, 1.807) is 0 Å². The number of rotatable bonds is 14. The van der Waals surface area contributed by atoms with Gasteiger partial charge in [0.15, 0.2) is 0 Å². The summed E-state index contributed by atoms with van der Waals surface area (Å²) < 4.78 is 5.40. The van der Waals surface area contributed by atoms with Gasteiger partial charge in [-0.3, -0.25) is 9.59 Å². The second kappa shape index (κ2) is 19.6. The van der Waals surface area contributed by atoms with Gasteiger partial charge >= 0.3 is 5.97 Å². The maximum atomic E-state index is 11.6. The van der Waals surface area contributed by atoms with Gasteiger partial charge in [-0.1, -0.05) is 97.9 Å². The molecule has 0 radical (unpaired) electrons. The normalized spacial score (nSPS) is 10.9. The summed E-state index contributed by atoms with van der Waals surface area (Å²) in [5.74, 6) is -1.19. The van der Waals surface area contributed by atoms with Crippen LogP contribution in [-0.4, -0.2) is 42.8 Å². The van der Waals surface area contributed by atoms with Gasteiger partial charge in [0.25, 0.3) is 0 Å². The Hall–Kier alpha value is -3.48. The first kappa shape index (κ1) is 32.5. The van der Waals surface area contributed by atoms with Gasteiger partial charge < -0.3 is 20.9 Å². The minimum atomic E-state index is -0.875. The molecule has 0 saturated carbocycles. The van der Waals surface area contributed by atoms with Gasteiger partial charge in [-0.15, -0.1) is 0 Å². The molecular formula is C32H44N2O4. The molecule has 0 aliphatic heterocycles. The number of carboxylic acid groups (broad SMARTS) is 1. The predicted octanol–water partition coefficient (Wildman–Crippen LogP) is 5.36. The molecule has 3 aromatic carbocycles. The number of hydrogen-bond acceptors (Lipinski definition) is 4. The average Bonchev–Trinajstić information content (AvgIpc) is 2.92. The number of nitrogens with two attached hydrogens (primary N) is 1. The first-order chi connectivity index (χ1) is 17.9. The molecule has 3 aromatic rings. The number of amides is 1. The number of aliphatic carboxylic acids is 1. The van der Waals surface area contributed by atoms with Crippen molar-refractivity contribution in [2.24, 2.45) is 5.73 Å². The van der Waals surface area contributed by atoms with E-state index < -0.39 is 12.0 Å². The minimum Gasteiger partial charge on any atom is -0.481 e. The third-order valence-electron chi connectivity index (χ3n) is 5.76. The summed E-state index contributed by atoms with van der Waals surface area (Å²) in [6.45, 7) is 3.16. The third-order valence-corrected chi connectivity index (χ3v) is 5.76. The molecule has 0 bridgehead atoms. The standard InChI is InChI=1S/C16H24N2O4.C15H16.CH4/c17-14(16(21)18-10-4-9-15(19)20)12-22-11-5-8-13-6-2-1-3-7-13;1-13-7-9-15(10-8-13)12-11-14-5-3-2-4-6-14;/h1-3,6-7,14H,4-5,8-12,17H2,(H,18,21)(H,19,20);2-10H,11-12H2,1H3;1H4. The SMILES string of the molecule is C.Cc1ccc(CCc2ccccc2)cc1.NC(COCCCc1ccccc1)C(=O)NCCCC(=O)O. The van der Waals surface area contributed by atoms with Crippen LogP contribution in [0.25, 0.3) is 0 Å². The molecule has 1 atom stereocenters. The molecular weight excluding hydrogens is 476 g/mol. The fraction of sp³-hybridized carbons (Fsp3) is 0.375. The molecule has 0 aliphatic carbocycles. The molecule has 0 heterocycles. The Balaban J connectivity index is 0.000000393. The fourth-order valence-electron chi connectivity index (χ4n) is 3.58. The van der Waals surface area contributed by atoms with Gasteiger partial charge in [0.1, 0.15) is 6.04 Å². The van der Waals surface area contributed by atoms with E-state index in [-0.39, 0.29) is 26.4 Å². The molecule has 6 nitrogen and oxygen atoms in total. The Labute approximate surface area is 228 Å². The number of ether oxygens (including phenoxy) is 1. The van der Waals surface area contributed by atoms with Crippen molar-refractivity contribution in [1.82, 2.24) is 5.32 Å². The zero-order valence-corrected chi connectivity index (χ0v) is 21.8. The Morgan fingerprint density at radius 3 is 1.89 bits per heavy atom. The summed E-state index contributed by atoms with van der Waals surface area (Å²) in [5, 5.41) is 11.1. The van der Waals surface area contributed by atoms with Gasteiger partial charge in [0.2, 0.25) is 5.91 Å². The van der Waals surface area contributed by atoms with E-state index >= 15 is 0 Å². The van der Waals surface area contributed by atoms with E-state index in [1.165, 1.54) is 22.3 Å². The topological polar surface area (TPSA) is 102 Å². The highest BCUT2D eigenvalue weighted by molar-refractivity contribution is 5.81. The summed E-state index contributed by atoms with van der Waals surface area (Å²) in [6.07, 6.45) is 4.49. The second-order valence-electron chi connectivity index (χ2n) is 9.03. The molecule has 3 rings (SSSR count). The third kappa shape index (κ3) is 14.9. The van der Waals surface area contributed by atoms with Crippen molar-refractivity contribution in [3.05, 3.63) is 107 Å². The number of carboxylic acids is 1. The molecule has 4 N–H and O–H groups in total. The number of carbonyl (C=O) groups excluding carboxylic acids is 1. The van der Waals surface area contributed by atoms with Crippen LogP contribution in [0.5, 0.6) is 0 Å². The van der Waals surface area contributed by atoms with E-state index in [2.05, 4.69) is 79.0 Å². The molecule has 0 spiro atoms. The van der Waals surface area contributed by atoms with Gasteiger partial charge in [-0.25, -0.2) is 0 Å². The minimum absolute atomic E-state index is 0. The Bertz CT molecular complexity index is 1020. The predicted molar refractivity (Wildman–Crippen MR) is 155 cm³/mol. The lowest BCUT2D eigenvalue weighted by atomic mass is 10.0. The van der Waals surface area contributed by atoms with Crippen molar-refractivity contribution >= 4 is 11.9 Å². The van der Waals surface area contributed by atoms with Crippen LogP contribution in [0.3, 0.4) is 0 Å². The van der Waals surface area contributed by atoms with E-state index in [0.717, 1.165) is 25.7 Å². The van der Waals surface area contributed by atoms with Crippen LogP contribution < -0.4 is 11.1 Å². The number of hydrogen-bond donors (Lipinski definition) is 3. The van der Waals surface area contributed by atoms with Crippen molar-refractivity contribution in [2.75, 3.05) is 19.8 Å². The lowest BCUT2D eigenvalue weighted by molar-refractivity contribution is -0.137. The lowest BCUT2D eigenvalue weighted by Crippen LogP contribution is -2.44. The van der Waals surface area contributed by atoms with Crippen molar-refractivity contribution < 1.29 is 19.4 Å². The van der Waals surface area contributed by atoms with Gasteiger partial charge in [-0.2, -0.15) is 0 Å². The molecule has 0 aromatic heterocycles. The molecule has 6 heteroatoms. The lowest BCUT2D eigenvalue weighted by Gasteiger charge is -2.12. The maximum absolute atomic E-state index is 11.6. The smallest absolute Gasteiger partial charge is 0.303 e. The summed E-state index contributed by atoms with van der Waals surface area (Å²) in [6, 6.07) is 28.8. The molecule has 1 amide bonds. The van der Waals surface area contributed by atoms with Crippen LogP contribution in [0.4, 0.5) is 0 Å². The number of benzene rings is 3. The fourth-order valence-corrected chi connectivity index (χ4v) is 3.58. The van der Waals surface area contributed by atoms with Crippen LogP contribution in [0.2, 0.25) is 0 Å². The first-order valence-electron chi connectivity index (χ1n) is 12.9. The summed E-state index contributed by atoms with van der Waals surface area (Å²) >= 11 is 0. The van der Waals surface area contributed by atoms with Crippen LogP contribution in [-0.2, 0) is 33.6 Å². The number of aryl methyl sites for hydroxylation is 4. The van der Waals surface area contributed by atoms with Crippen LogP contribution >= 0.6 is 0 Å². The van der Waals surface area contributed by atoms with E-state index in [4.69, 9.17) is 15.6 Å². The highest BCUT2D eigenvalue weighted by Gasteiger charge is 2.12. The first-order valence-corrected chi connectivity index (χ1v) is 12.9. The quantitative estimate of drug-likeness (QED) is 0.248. The highest BCUT2D eigenvalue weighted by Crippen LogP contribution is 2.08. The number of nitrogens with one attached hydrogen (secondary N) is 1. The molecule has 1 unspecified atom stereocenters. The van der Waals surface area contributed by atoms with Crippen molar-refractivity contribution in [1.29, 1.82) is 0 Å². The van der Waals surface area contributed by atoms with Crippen molar-refractivity contribution in [2.45, 2.75) is 58.9 Å². The van der Waals surface area contributed by atoms with E-state index in [1.807, 2.05) is 18.2 Å². The van der Waals surface area contributed by atoms with Crippen LogP contribution in [0, 0.1) is 6.92 Å². The average molecular weight is 521 g/mol. The monoisotopic (exact) mass is 520 g/mol.